The van der Waals surface area contributed by atoms with E-state index < -0.39 is 0 Å². The molecule has 1 atom stereocenters. The lowest BCUT2D eigenvalue weighted by Gasteiger charge is -2.20. The van der Waals surface area contributed by atoms with Crippen molar-refractivity contribution in [3.63, 3.8) is 0 Å². The van der Waals surface area contributed by atoms with Crippen molar-refractivity contribution in [2.24, 2.45) is 5.92 Å². The molecule has 0 radical (unpaired) electrons. The van der Waals surface area contributed by atoms with Crippen LogP contribution in [0.5, 0.6) is 0 Å². The molecular formula is C17H25N3O3S. The number of carbonyl (C=O) groups excluding carboxylic acids is 3. The maximum Gasteiger partial charge on any atom is 0.234 e. The highest BCUT2D eigenvalue weighted by Crippen LogP contribution is 2.10. The lowest BCUT2D eigenvalue weighted by atomic mass is 10.1. The van der Waals surface area contributed by atoms with Crippen molar-refractivity contribution in [1.29, 1.82) is 0 Å². The van der Waals surface area contributed by atoms with Crippen LogP contribution in [0.15, 0.2) is 24.3 Å². The molecule has 0 saturated heterocycles. The zero-order valence-corrected chi connectivity index (χ0v) is 15.4. The standard InChI is InChI=1S/C17H25N3O3S/c1-12-5-7-14(8-6-12)19-15(21)10-24-11-16(22)20(4)9-13(2)17(23)18-3/h5-8,13H,9-11H2,1-4H3,(H,18,23)(H,19,21)/t13-/m0/s1. The zero-order chi connectivity index (χ0) is 18.1. The van der Waals surface area contributed by atoms with E-state index in [2.05, 4.69) is 10.6 Å². The van der Waals surface area contributed by atoms with Gasteiger partial charge in [0, 0.05) is 26.3 Å². The molecular weight excluding hydrogens is 326 g/mol. The summed E-state index contributed by atoms with van der Waals surface area (Å²) in [7, 11) is 3.23. The van der Waals surface area contributed by atoms with Gasteiger partial charge in [0.2, 0.25) is 17.7 Å². The average molecular weight is 351 g/mol. The van der Waals surface area contributed by atoms with Crippen LogP contribution in [-0.2, 0) is 14.4 Å². The van der Waals surface area contributed by atoms with Crippen LogP contribution in [0.3, 0.4) is 0 Å². The first kappa shape index (κ1) is 20.0. The van der Waals surface area contributed by atoms with E-state index in [9.17, 15) is 14.4 Å². The maximum absolute atomic E-state index is 12.0. The second kappa shape index (κ2) is 9.97. The fourth-order valence-electron chi connectivity index (χ4n) is 2.02. The van der Waals surface area contributed by atoms with Gasteiger partial charge in [-0.3, -0.25) is 14.4 Å². The van der Waals surface area contributed by atoms with E-state index in [1.54, 1.807) is 21.0 Å². The van der Waals surface area contributed by atoms with Gasteiger partial charge in [-0.25, -0.2) is 0 Å². The fraction of sp³-hybridized carbons (Fsp3) is 0.471. The molecule has 0 aliphatic heterocycles. The lowest BCUT2D eigenvalue weighted by Crippen LogP contribution is -2.38. The number of hydrogen-bond acceptors (Lipinski definition) is 4. The molecule has 7 heteroatoms. The second-order valence-corrected chi connectivity index (χ2v) is 6.68. The molecule has 0 heterocycles. The first-order valence-corrected chi connectivity index (χ1v) is 8.88. The van der Waals surface area contributed by atoms with Crippen LogP contribution < -0.4 is 10.6 Å². The molecule has 1 aromatic carbocycles. The largest absolute Gasteiger partial charge is 0.359 e. The molecule has 0 aliphatic carbocycles. The highest BCUT2D eigenvalue weighted by Gasteiger charge is 2.17. The topological polar surface area (TPSA) is 78.5 Å². The summed E-state index contributed by atoms with van der Waals surface area (Å²) in [6.07, 6.45) is 0. The average Bonchev–Trinajstić information content (AvgIpc) is 2.55. The number of nitrogens with one attached hydrogen (secondary N) is 2. The Morgan fingerprint density at radius 3 is 2.38 bits per heavy atom. The molecule has 6 nitrogen and oxygen atoms in total. The summed E-state index contributed by atoms with van der Waals surface area (Å²) in [6, 6.07) is 7.54. The number of rotatable bonds is 8. The van der Waals surface area contributed by atoms with Gasteiger partial charge in [-0.15, -0.1) is 11.8 Å². The maximum atomic E-state index is 12.0. The molecule has 3 amide bonds. The van der Waals surface area contributed by atoms with Crippen LogP contribution in [-0.4, -0.2) is 54.8 Å². The lowest BCUT2D eigenvalue weighted by molar-refractivity contribution is -0.129. The Labute approximate surface area is 147 Å². The molecule has 2 N–H and O–H groups in total. The predicted octanol–water partition coefficient (Wildman–Crippen LogP) is 1.51. The molecule has 0 spiro atoms. The van der Waals surface area contributed by atoms with Gasteiger partial charge >= 0.3 is 0 Å². The van der Waals surface area contributed by atoms with Crippen LogP contribution in [0.4, 0.5) is 5.69 Å². The van der Waals surface area contributed by atoms with E-state index in [4.69, 9.17) is 0 Å². The molecule has 0 fully saturated rings. The van der Waals surface area contributed by atoms with E-state index in [1.165, 1.54) is 16.7 Å². The van der Waals surface area contributed by atoms with Gasteiger partial charge in [0.15, 0.2) is 0 Å². The number of amides is 3. The van der Waals surface area contributed by atoms with E-state index in [0.717, 1.165) is 11.3 Å². The van der Waals surface area contributed by atoms with Crippen molar-refractivity contribution in [2.75, 3.05) is 37.5 Å². The number of carbonyl (C=O) groups is 3. The molecule has 0 unspecified atom stereocenters. The third-order valence-electron chi connectivity index (χ3n) is 3.46. The Morgan fingerprint density at radius 1 is 1.17 bits per heavy atom. The van der Waals surface area contributed by atoms with E-state index in [1.807, 2.05) is 31.2 Å². The minimum atomic E-state index is -0.265. The number of aryl methyl sites for hydroxylation is 1. The van der Waals surface area contributed by atoms with Gasteiger partial charge in [-0.05, 0) is 19.1 Å². The van der Waals surface area contributed by atoms with E-state index in [-0.39, 0.29) is 35.1 Å². The third-order valence-corrected chi connectivity index (χ3v) is 4.38. The normalized spacial score (nSPS) is 11.5. The Morgan fingerprint density at radius 2 is 1.79 bits per heavy atom. The molecule has 132 valence electrons. The van der Waals surface area contributed by atoms with Crippen LogP contribution in [0, 0.1) is 12.8 Å². The van der Waals surface area contributed by atoms with Crippen LogP contribution >= 0.6 is 11.8 Å². The van der Waals surface area contributed by atoms with Gasteiger partial charge < -0.3 is 15.5 Å². The number of thioether (sulfide) groups is 1. The van der Waals surface area contributed by atoms with E-state index in [0.29, 0.717) is 6.54 Å². The van der Waals surface area contributed by atoms with Crippen molar-refractivity contribution in [3.8, 4) is 0 Å². The van der Waals surface area contributed by atoms with Crippen molar-refractivity contribution in [2.45, 2.75) is 13.8 Å². The van der Waals surface area contributed by atoms with Crippen LogP contribution in [0.1, 0.15) is 12.5 Å². The Balaban J connectivity index is 2.30. The highest BCUT2D eigenvalue weighted by molar-refractivity contribution is 8.00. The second-order valence-electron chi connectivity index (χ2n) is 5.70. The number of hydrogen-bond donors (Lipinski definition) is 2. The molecule has 0 saturated carbocycles. The van der Waals surface area contributed by atoms with Crippen LogP contribution in [0.2, 0.25) is 0 Å². The summed E-state index contributed by atoms with van der Waals surface area (Å²) in [5.74, 6) is -0.188. The molecule has 1 rings (SSSR count). The van der Waals surface area contributed by atoms with Gasteiger partial charge in [0.05, 0.1) is 17.4 Å². The minimum Gasteiger partial charge on any atom is -0.359 e. The third kappa shape index (κ3) is 7.04. The molecule has 1 aromatic rings. The molecule has 24 heavy (non-hydrogen) atoms. The number of anilines is 1. The van der Waals surface area contributed by atoms with Crippen molar-refractivity contribution in [3.05, 3.63) is 29.8 Å². The van der Waals surface area contributed by atoms with Crippen molar-refractivity contribution < 1.29 is 14.4 Å². The summed E-state index contributed by atoms with van der Waals surface area (Å²) in [5.41, 5.74) is 1.87. The monoisotopic (exact) mass is 351 g/mol. The quantitative estimate of drug-likeness (QED) is 0.744. The van der Waals surface area contributed by atoms with Gasteiger partial charge in [0.1, 0.15) is 0 Å². The van der Waals surface area contributed by atoms with E-state index >= 15 is 0 Å². The first-order chi connectivity index (χ1) is 11.3. The van der Waals surface area contributed by atoms with Gasteiger partial charge in [-0.1, -0.05) is 24.6 Å². The SMILES string of the molecule is CNC(=O)[C@@H](C)CN(C)C(=O)CSCC(=O)Nc1ccc(C)cc1. The van der Waals surface area contributed by atoms with Crippen molar-refractivity contribution >= 4 is 35.2 Å². The predicted molar refractivity (Wildman–Crippen MR) is 98.0 cm³/mol. The Bertz CT molecular complexity index is 575. The summed E-state index contributed by atoms with van der Waals surface area (Å²) in [4.78, 5) is 36.8. The summed E-state index contributed by atoms with van der Waals surface area (Å²) < 4.78 is 0. The number of nitrogens with zero attached hydrogens (tertiary/aromatic N) is 1. The highest BCUT2D eigenvalue weighted by atomic mass is 32.2. The smallest absolute Gasteiger partial charge is 0.234 e. The summed E-state index contributed by atoms with van der Waals surface area (Å²) in [6.45, 7) is 4.11. The first-order valence-electron chi connectivity index (χ1n) is 7.73. The Kier molecular flexibility index (Phi) is 8.32. The fourth-order valence-corrected chi connectivity index (χ4v) is 2.77. The van der Waals surface area contributed by atoms with Crippen LogP contribution in [0.25, 0.3) is 0 Å². The molecule has 0 bridgehead atoms. The Hall–Kier alpha value is -2.02. The molecule has 0 aromatic heterocycles. The van der Waals surface area contributed by atoms with Gasteiger partial charge in [-0.2, -0.15) is 0 Å². The zero-order valence-electron chi connectivity index (χ0n) is 14.6. The summed E-state index contributed by atoms with van der Waals surface area (Å²) in [5, 5.41) is 5.35. The minimum absolute atomic E-state index is 0.0974. The molecule has 0 aliphatic rings. The van der Waals surface area contributed by atoms with Crippen molar-refractivity contribution in [1.82, 2.24) is 10.2 Å². The van der Waals surface area contributed by atoms with Gasteiger partial charge in [0.25, 0.3) is 0 Å². The number of benzene rings is 1. The summed E-state index contributed by atoms with van der Waals surface area (Å²) >= 11 is 1.26.